The SMILES string of the molecule is CCCCC/C=C/CCCCC1N=CCN1. The topological polar surface area (TPSA) is 24.4 Å². The molecule has 0 aromatic rings. The highest BCUT2D eigenvalue weighted by molar-refractivity contribution is 5.61. The second-order valence-electron chi connectivity index (χ2n) is 4.51. The molecule has 0 saturated heterocycles. The normalized spacial score (nSPS) is 19.9. The highest BCUT2D eigenvalue weighted by Crippen LogP contribution is 2.07. The van der Waals surface area contributed by atoms with Crippen LogP contribution in [0.15, 0.2) is 17.1 Å². The van der Waals surface area contributed by atoms with E-state index in [1.807, 2.05) is 6.21 Å². The Bertz CT molecular complexity index is 209. The highest BCUT2D eigenvalue weighted by Gasteiger charge is 2.07. The van der Waals surface area contributed by atoms with Crippen LogP contribution in [0.5, 0.6) is 0 Å². The van der Waals surface area contributed by atoms with E-state index in [2.05, 4.69) is 29.4 Å². The number of allylic oxidation sites excluding steroid dienone is 2. The average molecular weight is 222 g/mol. The van der Waals surface area contributed by atoms with Crippen LogP contribution in [0.4, 0.5) is 0 Å². The van der Waals surface area contributed by atoms with E-state index in [1.54, 1.807) is 0 Å². The molecule has 16 heavy (non-hydrogen) atoms. The molecule has 1 heterocycles. The van der Waals surface area contributed by atoms with Gasteiger partial charge in [-0.3, -0.25) is 10.3 Å². The molecule has 2 nitrogen and oxygen atoms in total. The van der Waals surface area contributed by atoms with Crippen LogP contribution in [0.2, 0.25) is 0 Å². The lowest BCUT2D eigenvalue weighted by Gasteiger charge is -2.06. The second-order valence-corrected chi connectivity index (χ2v) is 4.51. The van der Waals surface area contributed by atoms with Gasteiger partial charge in [-0.05, 0) is 38.5 Å². The summed E-state index contributed by atoms with van der Waals surface area (Å²) in [4.78, 5) is 4.35. The smallest absolute Gasteiger partial charge is 0.0993 e. The Morgan fingerprint density at radius 3 is 2.56 bits per heavy atom. The molecule has 0 aromatic heterocycles. The van der Waals surface area contributed by atoms with Crippen LogP contribution in [0.3, 0.4) is 0 Å². The molecule has 0 spiro atoms. The quantitative estimate of drug-likeness (QED) is 0.467. The molecule has 1 N–H and O–H groups in total. The van der Waals surface area contributed by atoms with Gasteiger partial charge in [-0.15, -0.1) is 0 Å². The predicted molar refractivity (Wildman–Crippen MR) is 72.0 cm³/mol. The Balaban J connectivity index is 1.82. The second kappa shape index (κ2) is 9.59. The van der Waals surface area contributed by atoms with Crippen molar-refractivity contribution in [1.82, 2.24) is 5.32 Å². The molecule has 0 saturated carbocycles. The zero-order chi connectivity index (χ0) is 11.5. The molecular formula is C14H26N2. The minimum atomic E-state index is 0.411. The molecule has 0 amide bonds. The largest absolute Gasteiger partial charge is 0.291 e. The van der Waals surface area contributed by atoms with Gasteiger partial charge in [0.15, 0.2) is 0 Å². The Kier molecular flexibility index (Phi) is 8.05. The van der Waals surface area contributed by atoms with Gasteiger partial charge in [-0.2, -0.15) is 0 Å². The summed E-state index contributed by atoms with van der Waals surface area (Å²) in [6.45, 7) is 3.21. The van der Waals surface area contributed by atoms with Crippen LogP contribution in [0, 0.1) is 0 Å². The van der Waals surface area contributed by atoms with Gasteiger partial charge in [0, 0.05) is 12.8 Å². The molecule has 0 bridgehead atoms. The van der Waals surface area contributed by atoms with E-state index in [0.29, 0.717) is 6.17 Å². The zero-order valence-electron chi connectivity index (χ0n) is 10.6. The fourth-order valence-electron chi connectivity index (χ4n) is 1.95. The summed E-state index contributed by atoms with van der Waals surface area (Å²) in [6.07, 6.45) is 17.4. The van der Waals surface area contributed by atoms with Gasteiger partial charge in [-0.1, -0.05) is 31.9 Å². The van der Waals surface area contributed by atoms with E-state index in [-0.39, 0.29) is 0 Å². The fourth-order valence-corrected chi connectivity index (χ4v) is 1.95. The van der Waals surface area contributed by atoms with Crippen molar-refractivity contribution in [2.24, 2.45) is 4.99 Å². The summed E-state index contributed by atoms with van der Waals surface area (Å²) in [6, 6.07) is 0. The van der Waals surface area contributed by atoms with E-state index in [1.165, 1.54) is 51.4 Å². The van der Waals surface area contributed by atoms with Gasteiger partial charge in [0.05, 0.1) is 6.17 Å². The predicted octanol–water partition coefficient (Wildman–Crippen LogP) is 3.68. The van der Waals surface area contributed by atoms with Gasteiger partial charge >= 0.3 is 0 Å². The van der Waals surface area contributed by atoms with Crippen molar-refractivity contribution < 1.29 is 0 Å². The Morgan fingerprint density at radius 2 is 1.94 bits per heavy atom. The highest BCUT2D eigenvalue weighted by atomic mass is 15.1. The van der Waals surface area contributed by atoms with Gasteiger partial charge in [0.1, 0.15) is 0 Å². The van der Waals surface area contributed by atoms with Crippen LogP contribution in [0.25, 0.3) is 0 Å². The maximum absolute atomic E-state index is 4.35. The molecule has 2 heteroatoms. The first-order valence-corrected chi connectivity index (χ1v) is 6.83. The molecule has 1 atom stereocenters. The summed E-state index contributed by atoms with van der Waals surface area (Å²) in [5, 5.41) is 3.34. The van der Waals surface area contributed by atoms with Crippen molar-refractivity contribution in [2.45, 2.75) is 64.5 Å². The van der Waals surface area contributed by atoms with Crippen LogP contribution in [0.1, 0.15) is 58.3 Å². The van der Waals surface area contributed by atoms with E-state index in [4.69, 9.17) is 0 Å². The molecule has 92 valence electrons. The first kappa shape index (κ1) is 13.4. The minimum Gasteiger partial charge on any atom is -0.291 e. The first-order valence-electron chi connectivity index (χ1n) is 6.83. The van der Waals surface area contributed by atoms with Gasteiger partial charge in [-0.25, -0.2) is 0 Å². The van der Waals surface area contributed by atoms with Crippen LogP contribution >= 0.6 is 0 Å². The summed E-state index contributed by atoms with van der Waals surface area (Å²) >= 11 is 0. The van der Waals surface area contributed by atoms with E-state index >= 15 is 0 Å². The standard InChI is InChI=1S/C14H26N2/c1-2-3-4-5-6-7-8-9-10-11-14-15-12-13-16-14/h6-7,12,14,16H,2-5,8-11,13H2,1H3/b7-6+. The monoisotopic (exact) mass is 222 g/mol. The third-order valence-electron chi connectivity index (χ3n) is 2.97. The number of nitrogens with zero attached hydrogens (tertiary/aromatic N) is 1. The van der Waals surface area contributed by atoms with Crippen molar-refractivity contribution in [1.29, 1.82) is 0 Å². The number of aliphatic imine (C=N–C) groups is 1. The number of nitrogens with one attached hydrogen (secondary N) is 1. The maximum atomic E-state index is 4.35. The van der Waals surface area contributed by atoms with Crippen molar-refractivity contribution in [3.05, 3.63) is 12.2 Å². The van der Waals surface area contributed by atoms with Gasteiger partial charge in [0.2, 0.25) is 0 Å². The van der Waals surface area contributed by atoms with Crippen molar-refractivity contribution in [3.63, 3.8) is 0 Å². The van der Waals surface area contributed by atoms with E-state index in [0.717, 1.165) is 6.54 Å². The summed E-state index contributed by atoms with van der Waals surface area (Å²) in [5.41, 5.74) is 0. The van der Waals surface area contributed by atoms with Crippen LogP contribution in [-0.2, 0) is 0 Å². The molecule has 1 unspecified atom stereocenters. The third-order valence-corrected chi connectivity index (χ3v) is 2.97. The molecule has 0 radical (unpaired) electrons. The number of rotatable bonds is 9. The fraction of sp³-hybridized carbons (Fsp3) is 0.786. The molecular weight excluding hydrogens is 196 g/mol. The minimum absolute atomic E-state index is 0.411. The number of hydrogen-bond donors (Lipinski definition) is 1. The first-order chi connectivity index (χ1) is 7.93. The van der Waals surface area contributed by atoms with Crippen molar-refractivity contribution in [3.8, 4) is 0 Å². The summed E-state index contributed by atoms with van der Waals surface area (Å²) in [5.74, 6) is 0. The molecule has 0 fully saturated rings. The zero-order valence-corrected chi connectivity index (χ0v) is 10.6. The lowest BCUT2D eigenvalue weighted by Crippen LogP contribution is -2.21. The summed E-state index contributed by atoms with van der Waals surface area (Å²) < 4.78 is 0. The lowest BCUT2D eigenvalue weighted by atomic mass is 10.1. The number of unbranched alkanes of at least 4 members (excludes halogenated alkanes) is 5. The van der Waals surface area contributed by atoms with Gasteiger partial charge < -0.3 is 0 Å². The van der Waals surface area contributed by atoms with Gasteiger partial charge in [0.25, 0.3) is 0 Å². The van der Waals surface area contributed by atoms with Crippen LogP contribution < -0.4 is 5.32 Å². The number of hydrogen-bond acceptors (Lipinski definition) is 2. The molecule has 0 aliphatic carbocycles. The van der Waals surface area contributed by atoms with Crippen molar-refractivity contribution in [2.75, 3.05) is 6.54 Å². The Hall–Kier alpha value is -0.630. The van der Waals surface area contributed by atoms with Crippen molar-refractivity contribution >= 4 is 6.21 Å². The lowest BCUT2D eigenvalue weighted by molar-refractivity contribution is 0.524. The van der Waals surface area contributed by atoms with E-state index in [9.17, 15) is 0 Å². The Labute approximate surface area is 100 Å². The maximum Gasteiger partial charge on any atom is 0.0993 e. The molecule has 1 aliphatic rings. The molecule has 1 aliphatic heterocycles. The molecule has 1 rings (SSSR count). The average Bonchev–Trinajstić information content (AvgIpc) is 2.80. The third kappa shape index (κ3) is 6.78. The van der Waals surface area contributed by atoms with Crippen LogP contribution in [-0.4, -0.2) is 18.9 Å². The molecule has 0 aromatic carbocycles. The van der Waals surface area contributed by atoms with E-state index < -0.39 is 0 Å². The summed E-state index contributed by atoms with van der Waals surface area (Å²) in [7, 11) is 0. The Morgan fingerprint density at radius 1 is 1.19 bits per heavy atom.